The van der Waals surface area contributed by atoms with Crippen LogP contribution in [0.3, 0.4) is 0 Å². The van der Waals surface area contributed by atoms with Gasteiger partial charge >= 0.3 is 0 Å². The van der Waals surface area contributed by atoms with Gasteiger partial charge in [0.2, 0.25) is 0 Å². The predicted octanol–water partition coefficient (Wildman–Crippen LogP) is 16.3. The van der Waals surface area contributed by atoms with Crippen LogP contribution in [-0.2, 0) is 6.42 Å². The Morgan fingerprint density at radius 3 is 1.66 bits per heavy atom. The lowest BCUT2D eigenvalue weighted by Crippen LogP contribution is -2.33. The van der Waals surface area contributed by atoms with Gasteiger partial charge in [0.05, 0.1) is 60.6 Å². The van der Waals surface area contributed by atoms with Crippen molar-refractivity contribution in [3.63, 3.8) is 0 Å². The summed E-state index contributed by atoms with van der Waals surface area (Å²) in [6.45, 7) is 4.57. The van der Waals surface area contributed by atoms with Crippen LogP contribution < -0.4 is 9.30 Å². The molecule has 9 aromatic carbocycles. The van der Waals surface area contributed by atoms with Gasteiger partial charge in [-0.25, -0.2) is 0 Å². The summed E-state index contributed by atoms with van der Waals surface area (Å²) in [6, 6.07) is 75.7. The van der Waals surface area contributed by atoms with Crippen molar-refractivity contribution in [3.8, 4) is 45.5 Å². The third-order valence-corrected chi connectivity index (χ3v) is 15.3. The highest BCUT2D eigenvalue weighted by Gasteiger charge is 2.25. The highest BCUT2D eigenvalue weighted by atomic mass is 32.1. The minimum absolute atomic E-state index is 0.574. The maximum Gasteiger partial charge on any atom is 0.269 e. The summed E-state index contributed by atoms with van der Waals surface area (Å²) in [5.74, 6) is 2.04. The van der Waals surface area contributed by atoms with Gasteiger partial charge in [0.15, 0.2) is 0 Å². The molecule has 0 aliphatic rings. The Balaban J connectivity index is 0.927. The molecule has 338 valence electrons. The fourth-order valence-corrected chi connectivity index (χ4v) is 12.3. The molecule has 14 aromatic rings. The number of nitrogens with zero attached hydrogens (tertiary/aromatic N) is 5. The van der Waals surface area contributed by atoms with E-state index in [9.17, 15) is 0 Å². The summed E-state index contributed by atoms with van der Waals surface area (Å²) < 4.78 is 18.6. The molecule has 0 fully saturated rings. The SMILES string of the molecule is CC(C)Cc1cccc2c1sc1c(-c3cccc(Oc4cccc(-n5[c-][n+](-c6c(-n7c8ccccc8c8ccccc87)cccc6-n6c7ccccc7c7ccccc76)c6ccccc65)c4)c3)nccc12. The van der Waals surface area contributed by atoms with Gasteiger partial charge in [-0.05, 0) is 90.7 Å². The molecule has 0 amide bonds. The number of pyridine rings is 1. The minimum atomic E-state index is 0.574. The first-order valence-corrected chi connectivity index (χ1v) is 25.1. The zero-order valence-corrected chi connectivity index (χ0v) is 39.9. The van der Waals surface area contributed by atoms with E-state index in [1.54, 1.807) is 0 Å². The Hall–Kier alpha value is -8.78. The van der Waals surface area contributed by atoms with Crippen LogP contribution in [0.25, 0.3) is 109 Å². The molecule has 7 heteroatoms. The van der Waals surface area contributed by atoms with E-state index in [4.69, 9.17) is 9.72 Å². The molecule has 0 bridgehead atoms. The lowest BCUT2D eigenvalue weighted by Gasteiger charge is -2.20. The van der Waals surface area contributed by atoms with Crippen molar-refractivity contribution < 1.29 is 9.30 Å². The standard InChI is InChI=1S/C64H45N5OS/c1-41(2)37-43-18-14-26-51-52-35-36-65-61(64(52)71-63(43)51)42-17-13-20-45(38-42)70-46-21-15-19-44(39-46)66-40-67(58-32-12-11-31-57(58)66)62-59(68-53-27-7-3-22-47(53)48-23-4-8-28-54(48)68)33-16-34-60(62)69-55-29-9-5-24-49(55)50-25-6-10-30-56(50)69/h3-36,38-39,41H,37H2,1-2H3. The summed E-state index contributed by atoms with van der Waals surface area (Å²) in [5.41, 5.74) is 14.0. The molecule has 71 heavy (non-hydrogen) atoms. The highest BCUT2D eigenvalue weighted by Crippen LogP contribution is 2.43. The molecule has 0 aliphatic heterocycles. The van der Waals surface area contributed by atoms with Gasteiger partial charge in [0.1, 0.15) is 17.2 Å². The van der Waals surface area contributed by atoms with Gasteiger partial charge in [-0.15, -0.1) is 11.3 Å². The molecule has 0 unspecified atom stereocenters. The van der Waals surface area contributed by atoms with E-state index in [-0.39, 0.29) is 0 Å². The smallest absolute Gasteiger partial charge is 0.269 e. The van der Waals surface area contributed by atoms with E-state index < -0.39 is 0 Å². The number of ether oxygens (including phenoxy) is 1. The summed E-state index contributed by atoms with van der Waals surface area (Å²) >= 11 is 1.85. The van der Waals surface area contributed by atoms with Crippen LogP contribution in [0.4, 0.5) is 0 Å². The Morgan fingerprint density at radius 1 is 0.507 bits per heavy atom. The zero-order chi connectivity index (χ0) is 47.2. The van der Waals surface area contributed by atoms with Crippen LogP contribution in [0.1, 0.15) is 19.4 Å². The molecular formula is C64H45N5OS. The molecule has 5 aromatic heterocycles. The minimum Gasteiger partial charge on any atom is -0.458 e. The number of hydrogen-bond donors (Lipinski definition) is 0. The second-order valence-electron chi connectivity index (χ2n) is 18.8. The van der Waals surface area contributed by atoms with Crippen molar-refractivity contribution in [2.24, 2.45) is 5.92 Å². The predicted molar refractivity (Wildman–Crippen MR) is 293 cm³/mol. The maximum atomic E-state index is 6.77. The topological polar surface area (TPSA) is 40.8 Å². The van der Waals surface area contributed by atoms with Crippen LogP contribution >= 0.6 is 11.3 Å². The lowest BCUT2D eigenvalue weighted by atomic mass is 10.0. The van der Waals surface area contributed by atoms with Crippen LogP contribution in [0.2, 0.25) is 0 Å². The van der Waals surface area contributed by atoms with Gasteiger partial charge in [0, 0.05) is 48.8 Å². The first-order valence-electron chi connectivity index (χ1n) is 24.3. The number of fused-ring (bicyclic) bond motifs is 10. The Morgan fingerprint density at radius 2 is 1.03 bits per heavy atom. The summed E-state index contributed by atoms with van der Waals surface area (Å²) in [4.78, 5) is 4.97. The van der Waals surface area contributed by atoms with E-state index in [0.29, 0.717) is 5.92 Å². The first-order chi connectivity index (χ1) is 35.1. The molecule has 5 heterocycles. The second kappa shape index (κ2) is 16.4. The molecule has 0 saturated carbocycles. The zero-order valence-electron chi connectivity index (χ0n) is 39.1. The van der Waals surface area contributed by atoms with Crippen molar-refractivity contribution in [3.05, 3.63) is 230 Å². The van der Waals surface area contributed by atoms with Crippen LogP contribution in [0.5, 0.6) is 11.5 Å². The third-order valence-electron chi connectivity index (χ3n) is 14.0. The van der Waals surface area contributed by atoms with Crippen molar-refractivity contribution in [1.82, 2.24) is 18.7 Å². The maximum absolute atomic E-state index is 6.77. The number of rotatable bonds is 9. The van der Waals surface area contributed by atoms with E-state index in [2.05, 4.69) is 239 Å². The Labute approximate surface area is 414 Å². The molecule has 6 nitrogen and oxygen atoms in total. The molecule has 0 atom stereocenters. The summed E-state index contributed by atoms with van der Waals surface area (Å²) in [5, 5.41) is 7.37. The van der Waals surface area contributed by atoms with Crippen molar-refractivity contribution in [1.29, 1.82) is 0 Å². The molecule has 0 N–H and O–H groups in total. The van der Waals surface area contributed by atoms with E-state index in [1.807, 2.05) is 29.7 Å². The first kappa shape index (κ1) is 41.2. The van der Waals surface area contributed by atoms with Crippen LogP contribution in [-0.4, -0.2) is 18.7 Å². The molecule has 0 aliphatic carbocycles. The number of para-hydroxylation sites is 7. The van der Waals surface area contributed by atoms with Gasteiger partial charge in [-0.3, -0.25) is 14.1 Å². The number of hydrogen-bond acceptors (Lipinski definition) is 3. The van der Waals surface area contributed by atoms with Gasteiger partial charge in [0.25, 0.3) is 6.33 Å². The van der Waals surface area contributed by atoms with Crippen molar-refractivity contribution >= 4 is 86.2 Å². The number of benzene rings is 9. The van der Waals surface area contributed by atoms with Gasteiger partial charge in [-0.1, -0.05) is 153 Å². The molecule has 0 spiro atoms. The monoisotopic (exact) mass is 931 g/mol. The molecule has 0 radical (unpaired) electrons. The number of thiophene rings is 1. The van der Waals surface area contributed by atoms with E-state index >= 15 is 0 Å². The summed E-state index contributed by atoms with van der Waals surface area (Å²) in [7, 11) is 0. The van der Waals surface area contributed by atoms with Crippen molar-refractivity contribution in [2.75, 3.05) is 0 Å². The van der Waals surface area contributed by atoms with E-state index in [1.165, 1.54) is 47.3 Å². The fourth-order valence-electron chi connectivity index (χ4n) is 11.0. The average Bonchev–Trinajstić information content (AvgIpc) is 4.17. The van der Waals surface area contributed by atoms with E-state index in [0.717, 1.165) is 85.0 Å². The normalized spacial score (nSPS) is 12.0. The Bertz CT molecular complexity index is 4180. The largest absolute Gasteiger partial charge is 0.458 e. The third kappa shape index (κ3) is 6.61. The number of aromatic nitrogens is 5. The second-order valence-corrected chi connectivity index (χ2v) is 19.8. The number of imidazole rings is 1. The van der Waals surface area contributed by atoms with Crippen LogP contribution in [0.15, 0.2) is 219 Å². The van der Waals surface area contributed by atoms with Crippen LogP contribution in [0, 0.1) is 12.2 Å². The average molecular weight is 932 g/mol. The Kier molecular flexibility index (Phi) is 9.54. The molecule has 14 rings (SSSR count). The van der Waals surface area contributed by atoms with Crippen molar-refractivity contribution in [2.45, 2.75) is 20.3 Å². The quantitative estimate of drug-likeness (QED) is 0.107. The fraction of sp³-hybridized carbons (Fsp3) is 0.0625. The van der Waals surface area contributed by atoms with Gasteiger partial charge < -0.3 is 13.9 Å². The molecule has 0 saturated heterocycles. The van der Waals surface area contributed by atoms with Gasteiger partial charge in [-0.2, -0.15) is 0 Å². The highest BCUT2D eigenvalue weighted by molar-refractivity contribution is 7.26. The lowest BCUT2D eigenvalue weighted by molar-refractivity contribution is -0.571. The molecular weight excluding hydrogens is 887 g/mol. The summed E-state index contributed by atoms with van der Waals surface area (Å²) in [6.07, 6.45) is 6.91.